The summed E-state index contributed by atoms with van der Waals surface area (Å²) in [6, 6.07) is 9.71. The van der Waals surface area contributed by atoms with Gasteiger partial charge in [0.2, 0.25) is 5.78 Å². The van der Waals surface area contributed by atoms with Gasteiger partial charge in [0.05, 0.1) is 12.6 Å². The summed E-state index contributed by atoms with van der Waals surface area (Å²) in [5.41, 5.74) is 2.13. The maximum Gasteiger partial charge on any atom is 0.344 e. The Hall–Kier alpha value is -3.39. The zero-order chi connectivity index (χ0) is 22.5. The molecule has 1 atom stereocenters. The van der Waals surface area contributed by atoms with Gasteiger partial charge < -0.3 is 23.2 Å². The van der Waals surface area contributed by atoms with Crippen molar-refractivity contribution >= 4 is 22.7 Å². The highest BCUT2D eigenvalue weighted by molar-refractivity contribution is 5.99. The molecule has 164 valence electrons. The second-order valence-electron chi connectivity index (χ2n) is 7.29. The van der Waals surface area contributed by atoms with E-state index < -0.39 is 11.6 Å². The Morgan fingerprint density at radius 2 is 1.84 bits per heavy atom. The molecule has 3 aromatic rings. The van der Waals surface area contributed by atoms with Gasteiger partial charge in [-0.15, -0.1) is 0 Å². The van der Waals surface area contributed by atoms with Crippen LogP contribution in [-0.4, -0.2) is 43.3 Å². The maximum absolute atomic E-state index is 12.6. The number of aryl methyl sites for hydroxylation is 1. The third-order valence-corrected chi connectivity index (χ3v) is 4.95. The molecule has 0 saturated carbocycles. The van der Waals surface area contributed by atoms with Gasteiger partial charge in [0.15, 0.2) is 13.2 Å². The summed E-state index contributed by atoms with van der Waals surface area (Å²) in [6.07, 6.45) is 0. The minimum absolute atomic E-state index is 0.0777. The van der Waals surface area contributed by atoms with Gasteiger partial charge in [0.1, 0.15) is 11.3 Å². The van der Waals surface area contributed by atoms with Gasteiger partial charge in [0, 0.05) is 41.6 Å². The Bertz CT molecular complexity index is 1160. The van der Waals surface area contributed by atoms with E-state index in [4.69, 9.17) is 18.6 Å². The molecule has 1 aromatic carbocycles. The SMILES string of the molecule is COCC(C)n1c(C)cc(C(=O)COC(=O)COc2ccc3ccc(=O)oc3c2)c1C. The van der Waals surface area contributed by atoms with Crippen LogP contribution in [0.3, 0.4) is 0 Å². The Kier molecular flexibility index (Phi) is 6.91. The summed E-state index contributed by atoms with van der Waals surface area (Å²) in [5.74, 6) is -0.616. The van der Waals surface area contributed by atoms with Gasteiger partial charge >= 0.3 is 11.6 Å². The van der Waals surface area contributed by atoms with Crippen LogP contribution in [0, 0.1) is 13.8 Å². The van der Waals surface area contributed by atoms with Gasteiger partial charge in [-0.1, -0.05) is 0 Å². The monoisotopic (exact) mass is 427 g/mol. The third kappa shape index (κ3) is 5.21. The van der Waals surface area contributed by atoms with Gasteiger partial charge in [-0.25, -0.2) is 9.59 Å². The van der Waals surface area contributed by atoms with Crippen LogP contribution in [-0.2, 0) is 14.3 Å². The molecular weight excluding hydrogens is 402 g/mol. The summed E-state index contributed by atoms with van der Waals surface area (Å²) in [7, 11) is 1.63. The van der Waals surface area contributed by atoms with E-state index in [2.05, 4.69) is 0 Å². The van der Waals surface area contributed by atoms with Crippen LogP contribution >= 0.6 is 0 Å². The molecule has 0 aliphatic heterocycles. The third-order valence-electron chi connectivity index (χ3n) is 4.95. The van der Waals surface area contributed by atoms with Crippen molar-refractivity contribution in [1.29, 1.82) is 0 Å². The molecule has 2 aromatic heterocycles. The van der Waals surface area contributed by atoms with E-state index >= 15 is 0 Å². The number of nitrogens with zero attached hydrogens (tertiary/aromatic N) is 1. The summed E-state index contributed by atoms with van der Waals surface area (Å²) in [4.78, 5) is 35.9. The zero-order valence-electron chi connectivity index (χ0n) is 18.0. The van der Waals surface area contributed by atoms with E-state index in [0.717, 1.165) is 16.8 Å². The fraction of sp³-hybridized carbons (Fsp3) is 0.348. The van der Waals surface area contributed by atoms with Crippen LogP contribution in [0.2, 0.25) is 0 Å². The van der Waals surface area contributed by atoms with E-state index in [1.54, 1.807) is 31.4 Å². The number of carbonyl (C=O) groups is 2. The van der Waals surface area contributed by atoms with Crippen LogP contribution in [0.1, 0.15) is 34.7 Å². The number of methoxy groups -OCH3 is 1. The first-order valence-electron chi connectivity index (χ1n) is 9.83. The van der Waals surface area contributed by atoms with E-state index in [0.29, 0.717) is 23.5 Å². The van der Waals surface area contributed by atoms with Crippen molar-refractivity contribution in [1.82, 2.24) is 4.57 Å². The zero-order valence-corrected chi connectivity index (χ0v) is 18.0. The molecule has 0 N–H and O–H groups in total. The summed E-state index contributed by atoms with van der Waals surface area (Å²) < 4.78 is 22.8. The van der Waals surface area contributed by atoms with Crippen LogP contribution in [0.4, 0.5) is 0 Å². The number of hydrogen-bond acceptors (Lipinski definition) is 7. The lowest BCUT2D eigenvalue weighted by Gasteiger charge is -2.17. The first-order chi connectivity index (χ1) is 14.8. The fourth-order valence-corrected chi connectivity index (χ4v) is 3.59. The first-order valence-corrected chi connectivity index (χ1v) is 9.83. The lowest BCUT2D eigenvalue weighted by Crippen LogP contribution is -2.20. The van der Waals surface area contributed by atoms with E-state index in [9.17, 15) is 14.4 Å². The molecule has 0 spiro atoms. The molecule has 2 heterocycles. The second-order valence-corrected chi connectivity index (χ2v) is 7.29. The molecule has 3 rings (SSSR count). The van der Waals surface area contributed by atoms with E-state index in [1.807, 2.05) is 25.3 Å². The summed E-state index contributed by atoms with van der Waals surface area (Å²) in [5, 5.41) is 0.734. The predicted octanol–water partition coefficient (Wildman–Crippen LogP) is 3.22. The molecule has 0 bridgehead atoms. The summed E-state index contributed by atoms with van der Waals surface area (Å²) >= 11 is 0. The molecule has 0 saturated heterocycles. The average molecular weight is 427 g/mol. The Labute approximate surface area is 179 Å². The molecule has 0 aliphatic carbocycles. The number of benzene rings is 1. The lowest BCUT2D eigenvalue weighted by molar-refractivity contribution is -0.144. The molecule has 0 amide bonds. The van der Waals surface area contributed by atoms with E-state index in [-0.39, 0.29) is 25.0 Å². The smallest absolute Gasteiger partial charge is 0.344 e. The highest BCUT2D eigenvalue weighted by Crippen LogP contribution is 2.22. The number of esters is 1. The molecule has 31 heavy (non-hydrogen) atoms. The van der Waals surface area contributed by atoms with E-state index in [1.165, 1.54) is 12.1 Å². The number of ketones is 1. The number of carbonyl (C=O) groups excluding carboxylic acids is 2. The van der Waals surface area contributed by atoms with Gasteiger partial charge in [-0.3, -0.25) is 4.79 Å². The van der Waals surface area contributed by atoms with Crippen LogP contribution in [0.5, 0.6) is 5.75 Å². The average Bonchev–Trinajstić information content (AvgIpc) is 3.04. The van der Waals surface area contributed by atoms with Gasteiger partial charge in [-0.2, -0.15) is 0 Å². The lowest BCUT2D eigenvalue weighted by atomic mass is 10.1. The van der Waals surface area contributed by atoms with Crippen molar-refractivity contribution in [3.05, 3.63) is 63.8 Å². The van der Waals surface area contributed by atoms with Crippen molar-refractivity contribution in [2.75, 3.05) is 26.9 Å². The molecule has 1 unspecified atom stereocenters. The molecule has 0 fully saturated rings. The van der Waals surface area contributed by atoms with Crippen molar-refractivity contribution in [2.24, 2.45) is 0 Å². The van der Waals surface area contributed by atoms with Gasteiger partial charge in [0.25, 0.3) is 0 Å². The normalized spacial score (nSPS) is 12.0. The number of rotatable bonds is 9. The minimum Gasteiger partial charge on any atom is -0.482 e. The topological polar surface area (TPSA) is 97.0 Å². The highest BCUT2D eigenvalue weighted by atomic mass is 16.6. The quantitative estimate of drug-likeness (QED) is 0.294. The maximum atomic E-state index is 12.6. The largest absolute Gasteiger partial charge is 0.482 e. The first kappa shape index (κ1) is 22.3. The standard InChI is InChI=1S/C23H25NO7/c1-14-9-19(16(3)24(14)15(2)11-28-4)20(25)12-30-23(27)13-29-18-7-5-17-6-8-22(26)31-21(17)10-18/h5-10,15H,11-13H2,1-4H3. The van der Waals surface area contributed by atoms with Crippen molar-refractivity contribution < 1.29 is 28.2 Å². The summed E-state index contributed by atoms with van der Waals surface area (Å²) in [6.45, 7) is 5.55. The predicted molar refractivity (Wildman–Crippen MR) is 114 cm³/mol. The molecular formula is C23H25NO7. The fourth-order valence-electron chi connectivity index (χ4n) is 3.59. The molecule has 0 radical (unpaired) electrons. The van der Waals surface area contributed by atoms with Crippen LogP contribution in [0.25, 0.3) is 11.0 Å². The van der Waals surface area contributed by atoms with Gasteiger partial charge in [-0.05, 0) is 45.0 Å². The van der Waals surface area contributed by atoms with Crippen LogP contribution < -0.4 is 10.4 Å². The van der Waals surface area contributed by atoms with Crippen molar-refractivity contribution in [3.8, 4) is 5.75 Å². The number of aromatic nitrogens is 1. The Morgan fingerprint density at radius 3 is 2.58 bits per heavy atom. The number of ether oxygens (including phenoxy) is 3. The van der Waals surface area contributed by atoms with Crippen LogP contribution in [0.15, 0.2) is 45.6 Å². The number of fused-ring (bicyclic) bond motifs is 1. The number of hydrogen-bond donors (Lipinski definition) is 0. The molecule has 0 aliphatic rings. The van der Waals surface area contributed by atoms with Crippen molar-refractivity contribution in [3.63, 3.8) is 0 Å². The van der Waals surface area contributed by atoms with Crippen molar-refractivity contribution in [2.45, 2.75) is 26.8 Å². The minimum atomic E-state index is -0.676. The molecule has 8 nitrogen and oxygen atoms in total. The highest BCUT2D eigenvalue weighted by Gasteiger charge is 2.20. The second kappa shape index (κ2) is 9.61. The Morgan fingerprint density at radius 1 is 1.10 bits per heavy atom. The molecule has 8 heteroatoms. The Balaban J connectivity index is 1.57. The number of Topliss-reactive ketones (excluding diaryl/α,β-unsaturated/α-hetero) is 1.